The fourth-order valence-corrected chi connectivity index (χ4v) is 2.02. The number of carbonyl (C=O) groups is 2. The van der Waals surface area contributed by atoms with Crippen molar-refractivity contribution in [3.8, 4) is 0 Å². The Labute approximate surface area is 123 Å². The fraction of sp³-hybridized carbons (Fsp3) is 0.500. The van der Waals surface area contributed by atoms with Gasteiger partial charge in [0, 0.05) is 44.5 Å². The van der Waals surface area contributed by atoms with E-state index in [1.54, 1.807) is 18.3 Å². The molecule has 1 unspecified atom stereocenters. The first-order chi connectivity index (χ1) is 10.3. The Hall–Kier alpha value is -1.99. The normalized spacial score (nSPS) is 18.0. The number of morpholine rings is 1. The van der Waals surface area contributed by atoms with Crippen molar-refractivity contribution in [3.05, 3.63) is 30.1 Å². The molecule has 3 N–H and O–H groups in total. The van der Waals surface area contributed by atoms with Gasteiger partial charge in [-0.05, 0) is 12.1 Å². The molecule has 0 aromatic carbocycles. The maximum absolute atomic E-state index is 11.7. The second-order valence-electron chi connectivity index (χ2n) is 4.78. The lowest BCUT2D eigenvalue weighted by atomic mass is 10.2. The molecule has 1 aliphatic heterocycles. The molecule has 1 aromatic rings. The SMILES string of the molecule is O=C(CC1COCCN1)NCCNC(=O)c1cccnc1. The number of nitrogens with one attached hydrogen (secondary N) is 3. The van der Waals surface area contributed by atoms with Gasteiger partial charge in [-0.15, -0.1) is 0 Å². The summed E-state index contributed by atoms with van der Waals surface area (Å²) in [5.74, 6) is -0.242. The Morgan fingerprint density at radius 1 is 1.38 bits per heavy atom. The van der Waals surface area contributed by atoms with Gasteiger partial charge in [0.15, 0.2) is 0 Å². The van der Waals surface area contributed by atoms with Crippen LogP contribution in [0.1, 0.15) is 16.8 Å². The molecule has 7 heteroatoms. The summed E-state index contributed by atoms with van der Waals surface area (Å²) in [5.41, 5.74) is 0.507. The van der Waals surface area contributed by atoms with Crippen molar-refractivity contribution in [2.24, 2.45) is 0 Å². The molecule has 21 heavy (non-hydrogen) atoms. The Balaban J connectivity index is 1.58. The van der Waals surface area contributed by atoms with Crippen LogP contribution in [-0.2, 0) is 9.53 Å². The van der Waals surface area contributed by atoms with Crippen molar-refractivity contribution < 1.29 is 14.3 Å². The van der Waals surface area contributed by atoms with E-state index in [2.05, 4.69) is 20.9 Å². The number of rotatable bonds is 6. The van der Waals surface area contributed by atoms with Crippen molar-refractivity contribution in [2.45, 2.75) is 12.5 Å². The van der Waals surface area contributed by atoms with Gasteiger partial charge >= 0.3 is 0 Å². The van der Waals surface area contributed by atoms with E-state index in [0.29, 0.717) is 38.3 Å². The Kier molecular flexibility index (Phi) is 6.11. The summed E-state index contributed by atoms with van der Waals surface area (Å²) in [7, 11) is 0. The second kappa shape index (κ2) is 8.33. The van der Waals surface area contributed by atoms with Crippen molar-refractivity contribution in [2.75, 3.05) is 32.8 Å². The van der Waals surface area contributed by atoms with E-state index in [0.717, 1.165) is 6.54 Å². The highest BCUT2D eigenvalue weighted by atomic mass is 16.5. The summed E-state index contributed by atoms with van der Waals surface area (Å²) in [6.45, 7) is 2.81. The summed E-state index contributed by atoms with van der Waals surface area (Å²) in [6.07, 6.45) is 3.50. The molecule has 0 bridgehead atoms. The molecule has 7 nitrogen and oxygen atoms in total. The van der Waals surface area contributed by atoms with Gasteiger partial charge in [-0.25, -0.2) is 0 Å². The molecule has 1 aromatic heterocycles. The molecule has 1 saturated heterocycles. The maximum Gasteiger partial charge on any atom is 0.252 e. The topological polar surface area (TPSA) is 92.4 Å². The van der Waals surface area contributed by atoms with Crippen molar-refractivity contribution in [3.63, 3.8) is 0 Å². The van der Waals surface area contributed by atoms with E-state index in [4.69, 9.17) is 4.74 Å². The van der Waals surface area contributed by atoms with E-state index in [9.17, 15) is 9.59 Å². The number of aromatic nitrogens is 1. The highest BCUT2D eigenvalue weighted by molar-refractivity contribution is 5.93. The smallest absolute Gasteiger partial charge is 0.252 e. The van der Waals surface area contributed by atoms with Gasteiger partial charge in [0.2, 0.25) is 5.91 Å². The molecule has 1 fully saturated rings. The highest BCUT2D eigenvalue weighted by Crippen LogP contribution is 1.98. The van der Waals surface area contributed by atoms with Gasteiger partial charge in [-0.1, -0.05) is 0 Å². The van der Waals surface area contributed by atoms with Crippen LogP contribution in [0, 0.1) is 0 Å². The van der Waals surface area contributed by atoms with Crippen LogP contribution in [0.4, 0.5) is 0 Å². The molecule has 2 rings (SSSR count). The lowest BCUT2D eigenvalue weighted by molar-refractivity contribution is -0.122. The first kappa shape index (κ1) is 15.4. The van der Waals surface area contributed by atoms with Crippen molar-refractivity contribution in [1.82, 2.24) is 20.9 Å². The minimum Gasteiger partial charge on any atom is -0.378 e. The molecular formula is C14H20N4O3. The van der Waals surface area contributed by atoms with E-state index in [-0.39, 0.29) is 17.9 Å². The predicted octanol–water partition coefficient (Wildman–Crippen LogP) is -0.694. The lowest BCUT2D eigenvalue weighted by Gasteiger charge is -2.23. The Morgan fingerprint density at radius 2 is 2.24 bits per heavy atom. The van der Waals surface area contributed by atoms with Crippen LogP contribution in [-0.4, -0.2) is 55.7 Å². The zero-order valence-corrected chi connectivity index (χ0v) is 11.8. The number of ether oxygens (including phenoxy) is 1. The number of amides is 2. The van der Waals surface area contributed by atoms with Crippen LogP contribution < -0.4 is 16.0 Å². The predicted molar refractivity (Wildman–Crippen MR) is 76.8 cm³/mol. The Bertz CT molecular complexity index is 461. The quantitative estimate of drug-likeness (QED) is 0.603. The third-order valence-corrected chi connectivity index (χ3v) is 3.09. The average Bonchev–Trinajstić information content (AvgIpc) is 2.53. The monoisotopic (exact) mass is 292 g/mol. The molecule has 2 amide bonds. The third kappa shape index (κ3) is 5.49. The van der Waals surface area contributed by atoms with Crippen LogP contribution in [0.2, 0.25) is 0 Å². The molecule has 0 saturated carbocycles. The molecule has 0 aliphatic carbocycles. The molecule has 1 atom stereocenters. The number of pyridine rings is 1. The minimum absolute atomic E-state index is 0.0476. The molecule has 0 radical (unpaired) electrons. The van der Waals surface area contributed by atoms with E-state index < -0.39 is 0 Å². The lowest BCUT2D eigenvalue weighted by Crippen LogP contribution is -2.45. The van der Waals surface area contributed by atoms with Crippen LogP contribution >= 0.6 is 0 Å². The van der Waals surface area contributed by atoms with Crippen LogP contribution in [0.25, 0.3) is 0 Å². The van der Waals surface area contributed by atoms with E-state index in [1.807, 2.05) is 0 Å². The molecule has 114 valence electrons. The van der Waals surface area contributed by atoms with Gasteiger partial charge in [0.25, 0.3) is 5.91 Å². The first-order valence-corrected chi connectivity index (χ1v) is 7.02. The van der Waals surface area contributed by atoms with Crippen LogP contribution in [0.3, 0.4) is 0 Å². The van der Waals surface area contributed by atoms with Crippen LogP contribution in [0.15, 0.2) is 24.5 Å². The summed E-state index contributed by atoms with van der Waals surface area (Å²) < 4.78 is 5.28. The molecular weight excluding hydrogens is 272 g/mol. The van der Waals surface area contributed by atoms with Gasteiger partial charge in [0.05, 0.1) is 18.8 Å². The van der Waals surface area contributed by atoms with Gasteiger partial charge in [-0.2, -0.15) is 0 Å². The zero-order valence-electron chi connectivity index (χ0n) is 11.8. The Morgan fingerprint density at radius 3 is 2.95 bits per heavy atom. The standard InChI is InChI=1S/C14H20N4O3/c19-13(8-12-10-21-7-6-16-12)17-4-5-18-14(20)11-2-1-3-15-9-11/h1-3,9,12,16H,4-8,10H2,(H,17,19)(H,18,20). The van der Waals surface area contributed by atoms with Gasteiger partial charge < -0.3 is 20.7 Å². The molecule has 2 heterocycles. The summed E-state index contributed by atoms with van der Waals surface area (Å²) >= 11 is 0. The molecule has 1 aliphatic rings. The highest BCUT2D eigenvalue weighted by Gasteiger charge is 2.16. The fourth-order valence-electron chi connectivity index (χ4n) is 2.02. The van der Waals surface area contributed by atoms with Gasteiger partial charge in [0.1, 0.15) is 0 Å². The summed E-state index contributed by atoms with van der Waals surface area (Å²) in [5, 5.41) is 8.71. The van der Waals surface area contributed by atoms with Gasteiger partial charge in [-0.3, -0.25) is 14.6 Å². The average molecular weight is 292 g/mol. The molecule has 0 spiro atoms. The number of nitrogens with zero attached hydrogens (tertiary/aromatic N) is 1. The largest absolute Gasteiger partial charge is 0.378 e. The van der Waals surface area contributed by atoms with Crippen molar-refractivity contribution in [1.29, 1.82) is 0 Å². The number of hydrogen-bond acceptors (Lipinski definition) is 5. The third-order valence-electron chi connectivity index (χ3n) is 3.09. The van der Waals surface area contributed by atoms with Crippen LogP contribution in [0.5, 0.6) is 0 Å². The van der Waals surface area contributed by atoms with E-state index in [1.165, 1.54) is 6.20 Å². The first-order valence-electron chi connectivity index (χ1n) is 7.02. The zero-order chi connectivity index (χ0) is 14.9. The number of carbonyl (C=O) groups excluding carboxylic acids is 2. The second-order valence-corrected chi connectivity index (χ2v) is 4.78. The maximum atomic E-state index is 11.7. The van der Waals surface area contributed by atoms with Crippen molar-refractivity contribution >= 4 is 11.8 Å². The number of hydrogen-bond donors (Lipinski definition) is 3. The summed E-state index contributed by atoms with van der Waals surface area (Å²) in [6, 6.07) is 3.47. The van der Waals surface area contributed by atoms with E-state index >= 15 is 0 Å². The summed E-state index contributed by atoms with van der Waals surface area (Å²) in [4.78, 5) is 27.3. The minimum atomic E-state index is -0.195.